The van der Waals surface area contributed by atoms with Crippen LogP contribution >= 0.6 is 0 Å². The summed E-state index contributed by atoms with van der Waals surface area (Å²) in [6.07, 6.45) is 0.973. The molecule has 1 N–H and O–H groups in total. The molecule has 0 amide bonds. The molecule has 0 heterocycles. The van der Waals surface area contributed by atoms with Gasteiger partial charge in [-0.05, 0) is 36.4 Å². The van der Waals surface area contributed by atoms with Gasteiger partial charge in [0.25, 0.3) is 10.0 Å². The zero-order valence-electron chi connectivity index (χ0n) is 11.8. The molecule has 0 radical (unpaired) electrons. The zero-order valence-corrected chi connectivity index (χ0v) is 14.4. The molecule has 124 valence electrons. The van der Waals surface area contributed by atoms with E-state index in [1.165, 1.54) is 42.5 Å². The van der Waals surface area contributed by atoms with Crippen molar-refractivity contribution in [1.82, 2.24) is 0 Å². The van der Waals surface area contributed by atoms with Crippen LogP contribution in [-0.4, -0.2) is 31.5 Å². The second-order valence-electron chi connectivity index (χ2n) is 4.66. The summed E-state index contributed by atoms with van der Waals surface area (Å²) < 4.78 is 71.7. The topological polar surface area (TPSA) is 114 Å². The lowest BCUT2D eigenvalue weighted by Gasteiger charge is -2.09. The van der Waals surface area contributed by atoms with Crippen LogP contribution in [0.1, 0.15) is 0 Å². The molecule has 2 aromatic rings. The Morgan fingerprint density at radius 2 is 1.48 bits per heavy atom. The lowest BCUT2D eigenvalue weighted by molar-refractivity contribution is 0.599. The van der Waals surface area contributed by atoms with Crippen LogP contribution in [0.2, 0.25) is 0 Å². The standard InChI is InChI=1S/C13H13NO6S3/c1-22(17,18)12-6-3-7-13(9-12)23(19,20)14-10-4-2-5-11(8-10)21(15)16/h2-9,14,21H,1H3. The molecule has 10 heteroatoms. The van der Waals surface area contributed by atoms with Gasteiger partial charge in [-0.15, -0.1) is 0 Å². The monoisotopic (exact) mass is 375 g/mol. The number of sulfonamides is 1. The highest BCUT2D eigenvalue weighted by atomic mass is 32.2. The summed E-state index contributed by atoms with van der Waals surface area (Å²) in [5.41, 5.74) is 0.0615. The number of benzene rings is 2. The lowest BCUT2D eigenvalue weighted by atomic mass is 10.3. The van der Waals surface area contributed by atoms with E-state index in [-0.39, 0.29) is 20.4 Å². The fraction of sp³-hybridized carbons (Fsp3) is 0.0769. The molecule has 0 spiro atoms. The van der Waals surface area contributed by atoms with E-state index < -0.39 is 30.6 Å². The summed E-state index contributed by atoms with van der Waals surface area (Å²) in [7, 11) is -10.4. The van der Waals surface area contributed by atoms with Gasteiger partial charge in [0.2, 0.25) is 0 Å². The van der Waals surface area contributed by atoms with E-state index in [0.717, 1.165) is 12.3 Å². The van der Waals surface area contributed by atoms with Crippen LogP contribution in [0.5, 0.6) is 0 Å². The van der Waals surface area contributed by atoms with E-state index in [2.05, 4.69) is 4.72 Å². The maximum Gasteiger partial charge on any atom is 0.261 e. The van der Waals surface area contributed by atoms with Crippen LogP contribution in [0.3, 0.4) is 0 Å². The van der Waals surface area contributed by atoms with Gasteiger partial charge in [-0.3, -0.25) is 4.72 Å². The Morgan fingerprint density at radius 3 is 2.09 bits per heavy atom. The molecule has 0 atom stereocenters. The van der Waals surface area contributed by atoms with Crippen molar-refractivity contribution in [2.24, 2.45) is 0 Å². The van der Waals surface area contributed by atoms with Gasteiger partial charge < -0.3 is 0 Å². The number of rotatable bonds is 5. The second kappa shape index (κ2) is 6.30. The molecule has 0 aliphatic carbocycles. The third kappa shape index (κ3) is 4.30. The highest BCUT2D eigenvalue weighted by Gasteiger charge is 2.17. The first-order valence-electron chi connectivity index (χ1n) is 6.17. The molecule has 23 heavy (non-hydrogen) atoms. The maximum absolute atomic E-state index is 12.3. The van der Waals surface area contributed by atoms with Crippen LogP contribution in [0, 0.1) is 0 Å². The Balaban J connectivity index is 2.42. The molecule has 0 aliphatic rings. The van der Waals surface area contributed by atoms with Crippen molar-refractivity contribution in [3.8, 4) is 0 Å². The Labute approximate surface area is 135 Å². The first-order chi connectivity index (χ1) is 10.6. The van der Waals surface area contributed by atoms with Crippen molar-refractivity contribution >= 4 is 36.3 Å². The first-order valence-corrected chi connectivity index (χ1v) is 10.7. The van der Waals surface area contributed by atoms with E-state index >= 15 is 0 Å². The summed E-state index contributed by atoms with van der Waals surface area (Å²) in [5, 5.41) is 0. The quantitative estimate of drug-likeness (QED) is 0.749. The minimum atomic E-state index is -4.05. The van der Waals surface area contributed by atoms with Crippen molar-refractivity contribution in [2.75, 3.05) is 11.0 Å². The molecule has 7 nitrogen and oxygen atoms in total. The Hall–Kier alpha value is -1.91. The van der Waals surface area contributed by atoms with Gasteiger partial charge in [-0.25, -0.2) is 25.3 Å². The number of sulfone groups is 1. The largest absolute Gasteiger partial charge is 0.280 e. The van der Waals surface area contributed by atoms with E-state index in [1.807, 2.05) is 0 Å². The van der Waals surface area contributed by atoms with Gasteiger partial charge in [-0.2, -0.15) is 0 Å². The second-order valence-corrected chi connectivity index (χ2v) is 9.39. The van der Waals surface area contributed by atoms with Crippen molar-refractivity contribution in [2.45, 2.75) is 14.7 Å². The fourth-order valence-electron chi connectivity index (χ4n) is 1.77. The highest BCUT2D eigenvalue weighted by molar-refractivity contribution is 7.93. The fourth-order valence-corrected chi connectivity index (χ4v) is 4.06. The van der Waals surface area contributed by atoms with E-state index in [1.54, 1.807) is 0 Å². The predicted molar refractivity (Wildman–Crippen MR) is 85.4 cm³/mol. The summed E-state index contributed by atoms with van der Waals surface area (Å²) in [4.78, 5) is -0.404. The zero-order chi connectivity index (χ0) is 17.3. The number of nitrogens with one attached hydrogen (secondary N) is 1. The number of hydrogen-bond acceptors (Lipinski definition) is 6. The van der Waals surface area contributed by atoms with E-state index in [4.69, 9.17) is 0 Å². The van der Waals surface area contributed by atoms with Gasteiger partial charge in [0.15, 0.2) is 20.5 Å². The molecule has 0 aliphatic heterocycles. The van der Waals surface area contributed by atoms with Gasteiger partial charge in [-0.1, -0.05) is 12.1 Å². The molecular formula is C13H13NO6S3. The number of anilines is 1. The van der Waals surface area contributed by atoms with Crippen LogP contribution in [0.4, 0.5) is 5.69 Å². The van der Waals surface area contributed by atoms with Gasteiger partial charge in [0, 0.05) is 6.26 Å². The lowest BCUT2D eigenvalue weighted by Crippen LogP contribution is -2.13. The van der Waals surface area contributed by atoms with E-state index in [0.29, 0.717) is 0 Å². The average molecular weight is 375 g/mol. The third-order valence-electron chi connectivity index (χ3n) is 2.85. The summed E-state index contributed by atoms with van der Waals surface area (Å²) >= 11 is 0. The third-order valence-corrected chi connectivity index (χ3v) is 6.04. The molecule has 0 saturated carbocycles. The molecule has 0 aromatic heterocycles. The van der Waals surface area contributed by atoms with Crippen molar-refractivity contribution < 1.29 is 25.3 Å². The van der Waals surface area contributed by atoms with E-state index in [9.17, 15) is 25.3 Å². The van der Waals surface area contributed by atoms with Gasteiger partial charge in [0.05, 0.1) is 20.4 Å². The first kappa shape index (κ1) is 17.4. The summed E-state index contributed by atoms with van der Waals surface area (Å²) in [6.45, 7) is 0. The molecule has 2 aromatic carbocycles. The molecule has 0 saturated heterocycles. The molecule has 0 fully saturated rings. The molecule has 0 unspecified atom stereocenters. The number of hydrogen-bond donors (Lipinski definition) is 2. The van der Waals surface area contributed by atoms with Crippen molar-refractivity contribution in [1.29, 1.82) is 0 Å². The Kier molecular flexibility index (Phi) is 4.78. The Bertz CT molecular complexity index is 1020. The van der Waals surface area contributed by atoms with Crippen LogP contribution in [-0.2, 0) is 30.6 Å². The number of thiol groups is 1. The Morgan fingerprint density at radius 1 is 0.870 bits per heavy atom. The van der Waals surface area contributed by atoms with Crippen LogP contribution < -0.4 is 4.72 Å². The average Bonchev–Trinajstić information content (AvgIpc) is 2.46. The minimum absolute atomic E-state index is 0.0370. The summed E-state index contributed by atoms with van der Waals surface area (Å²) in [6, 6.07) is 10.2. The minimum Gasteiger partial charge on any atom is -0.280 e. The van der Waals surface area contributed by atoms with Crippen molar-refractivity contribution in [3.05, 3.63) is 48.5 Å². The summed E-state index contributed by atoms with van der Waals surface area (Å²) in [5.74, 6) is 0. The smallest absolute Gasteiger partial charge is 0.261 e. The molecular weight excluding hydrogens is 362 g/mol. The van der Waals surface area contributed by atoms with Crippen LogP contribution in [0.25, 0.3) is 0 Å². The molecule has 2 rings (SSSR count). The van der Waals surface area contributed by atoms with Crippen molar-refractivity contribution in [3.63, 3.8) is 0 Å². The molecule has 0 bridgehead atoms. The van der Waals surface area contributed by atoms with Gasteiger partial charge in [0.1, 0.15) is 0 Å². The predicted octanol–water partition coefficient (Wildman–Crippen LogP) is 0.861. The van der Waals surface area contributed by atoms with Crippen LogP contribution in [0.15, 0.2) is 63.2 Å². The normalized spacial score (nSPS) is 12.3. The van der Waals surface area contributed by atoms with Gasteiger partial charge >= 0.3 is 0 Å². The maximum atomic E-state index is 12.3. The highest BCUT2D eigenvalue weighted by Crippen LogP contribution is 2.20. The SMILES string of the molecule is CS(=O)(=O)c1cccc(S(=O)(=O)Nc2cccc([SH](=O)=O)c2)c1.